The number of nitrogens with zero attached hydrogens (tertiary/aromatic N) is 2. The molecule has 0 aliphatic carbocycles. The fraction of sp³-hybridized carbons (Fsp3) is 0.240. The number of benzene rings is 1. The molecule has 2 rings (SSSR count). The van der Waals surface area contributed by atoms with Gasteiger partial charge in [-0.05, 0) is 42.7 Å². The Labute approximate surface area is 201 Å². The molecule has 0 unspecified atom stereocenters. The average Bonchev–Trinajstić information content (AvgIpc) is 2.78. The van der Waals surface area contributed by atoms with Crippen molar-refractivity contribution in [1.82, 2.24) is 4.98 Å². The fourth-order valence-electron chi connectivity index (χ4n) is 2.43. The van der Waals surface area contributed by atoms with Gasteiger partial charge in [0.1, 0.15) is 5.82 Å². The van der Waals surface area contributed by atoms with E-state index >= 15 is 0 Å². The third-order valence-electron chi connectivity index (χ3n) is 3.76. The number of hydrogen-bond donors (Lipinski definition) is 1. The van der Waals surface area contributed by atoms with Crippen LogP contribution in [0.3, 0.4) is 0 Å². The lowest BCUT2D eigenvalue weighted by Crippen LogP contribution is -2.30. The molecule has 31 heavy (non-hydrogen) atoms. The third kappa shape index (κ3) is 10.3. The van der Waals surface area contributed by atoms with Crippen molar-refractivity contribution in [1.29, 1.82) is 0 Å². The van der Waals surface area contributed by atoms with Crippen LogP contribution >= 0.6 is 35.0 Å². The van der Waals surface area contributed by atoms with Gasteiger partial charge >= 0.3 is 0 Å². The molecule has 0 amide bonds. The van der Waals surface area contributed by atoms with E-state index in [-0.39, 0.29) is 0 Å². The Morgan fingerprint density at radius 2 is 1.81 bits per heavy atom. The van der Waals surface area contributed by atoms with Crippen molar-refractivity contribution in [3.63, 3.8) is 0 Å². The first kappa shape index (κ1) is 27.1. The standard InChI is InChI=1S/C22H23Cl2N3S.C3H8/c1-3-19(24)16-20(12-13-23)28-22(27(25)21-11-7-8-14-26-21)17(2)15-18-9-5-4-6-10-18;1-3-2/h3-12,14,16H,1,13,15,25H2,2H3;3H2,1-2H3/b19-16+,20-12+,22-17-;. The number of rotatable bonds is 9. The van der Waals surface area contributed by atoms with Gasteiger partial charge in [0.25, 0.3) is 0 Å². The molecule has 0 fully saturated rings. The van der Waals surface area contributed by atoms with Gasteiger partial charge in [-0.2, -0.15) is 0 Å². The third-order valence-corrected chi connectivity index (χ3v) is 5.44. The molecule has 2 aromatic rings. The van der Waals surface area contributed by atoms with Gasteiger partial charge in [0, 0.05) is 22.0 Å². The minimum absolute atomic E-state index is 0.360. The van der Waals surface area contributed by atoms with E-state index in [0.717, 1.165) is 21.9 Å². The molecule has 0 saturated heterocycles. The van der Waals surface area contributed by atoms with Crippen molar-refractivity contribution < 1.29 is 0 Å². The van der Waals surface area contributed by atoms with Crippen molar-refractivity contribution >= 4 is 40.8 Å². The van der Waals surface area contributed by atoms with Gasteiger partial charge in [-0.25, -0.2) is 10.8 Å². The molecular formula is C25H31Cl2N3S. The fourth-order valence-corrected chi connectivity index (χ4v) is 3.89. The second kappa shape index (κ2) is 15.8. The predicted molar refractivity (Wildman–Crippen MR) is 140 cm³/mol. The number of alkyl halides is 1. The van der Waals surface area contributed by atoms with Gasteiger partial charge in [-0.3, -0.25) is 5.01 Å². The summed E-state index contributed by atoms with van der Waals surface area (Å²) in [6.45, 7) is 10.0. The Kier molecular flexibility index (Phi) is 13.8. The summed E-state index contributed by atoms with van der Waals surface area (Å²) < 4.78 is 0. The second-order valence-electron chi connectivity index (χ2n) is 6.61. The van der Waals surface area contributed by atoms with Gasteiger partial charge in [-0.1, -0.05) is 98.8 Å². The van der Waals surface area contributed by atoms with E-state index in [9.17, 15) is 0 Å². The Balaban J connectivity index is 0.00000151. The van der Waals surface area contributed by atoms with Crippen LogP contribution in [0.1, 0.15) is 32.8 Å². The largest absolute Gasteiger partial charge is 0.256 e. The molecule has 6 heteroatoms. The van der Waals surface area contributed by atoms with E-state index in [0.29, 0.717) is 16.7 Å². The maximum atomic E-state index is 6.46. The minimum atomic E-state index is 0.360. The zero-order chi connectivity index (χ0) is 23.1. The maximum Gasteiger partial charge on any atom is 0.147 e. The SMILES string of the molecule is C=C/C(Cl)=C\C(=C/CCl)S/C(=C(/C)Cc1ccccc1)N(N)c1ccccn1.CCC. The van der Waals surface area contributed by atoms with E-state index in [1.54, 1.807) is 17.3 Å². The summed E-state index contributed by atoms with van der Waals surface area (Å²) in [5, 5.41) is 3.00. The summed E-state index contributed by atoms with van der Waals surface area (Å²) in [5.41, 5.74) is 2.31. The van der Waals surface area contributed by atoms with Crippen molar-refractivity contribution in [2.75, 3.05) is 10.9 Å². The highest BCUT2D eigenvalue weighted by molar-refractivity contribution is 8.07. The second-order valence-corrected chi connectivity index (χ2v) is 8.42. The van der Waals surface area contributed by atoms with E-state index in [4.69, 9.17) is 29.0 Å². The molecule has 0 aliphatic rings. The van der Waals surface area contributed by atoms with Crippen LogP contribution in [0, 0.1) is 0 Å². The quantitative estimate of drug-likeness (QED) is 0.173. The molecule has 0 bridgehead atoms. The van der Waals surface area contributed by atoms with Crippen LogP contribution in [-0.4, -0.2) is 10.9 Å². The molecule has 2 N–H and O–H groups in total. The zero-order valence-electron chi connectivity index (χ0n) is 18.4. The Morgan fingerprint density at radius 1 is 1.16 bits per heavy atom. The van der Waals surface area contributed by atoms with Crippen LogP contribution in [0.4, 0.5) is 5.82 Å². The maximum absolute atomic E-state index is 6.46. The summed E-state index contributed by atoms with van der Waals surface area (Å²) in [4.78, 5) is 5.25. The molecule has 0 radical (unpaired) electrons. The van der Waals surface area contributed by atoms with Crippen molar-refractivity contribution in [2.45, 2.75) is 33.6 Å². The molecule has 1 aromatic carbocycles. The molecular weight excluding hydrogens is 445 g/mol. The average molecular weight is 477 g/mol. The van der Waals surface area contributed by atoms with E-state index in [1.165, 1.54) is 23.7 Å². The number of halogens is 2. The lowest BCUT2D eigenvalue weighted by atomic mass is 10.1. The molecule has 0 aliphatic heterocycles. The molecule has 1 aromatic heterocycles. The Hall–Kier alpha value is -1.98. The summed E-state index contributed by atoms with van der Waals surface area (Å²) in [6, 6.07) is 15.9. The summed E-state index contributed by atoms with van der Waals surface area (Å²) in [6.07, 6.45) is 9.03. The van der Waals surface area contributed by atoms with Gasteiger partial charge < -0.3 is 0 Å². The number of allylic oxidation sites excluding steroid dienone is 5. The van der Waals surface area contributed by atoms with Crippen LogP contribution in [0.15, 0.2) is 100 Å². The molecule has 1 heterocycles. The molecule has 0 saturated carbocycles. The van der Waals surface area contributed by atoms with Crippen molar-refractivity contribution in [2.24, 2.45) is 5.84 Å². The van der Waals surface area contributed by atoms with Crippen LogP contribution in [0.5, 0.6) is 0 Å². The first-order valence-corrected chi connectivity index (χ1v) is 11.8. The van der Waals surface area contributed by atoms with Crippen LogP contribution in [-0.2, 0) is 6.42 Å². The topological polar surface area (TPSA) is 42.1 Å². The Bertz CT molecular complexity index is 878. The van der Waals surface area contributed by atoms with Gasteiger partial charge in [-0.15, -0.1) is 11.6 Å². The number of anilines is 1. The lowest BCUT2D eigenvalue weighted by molar-refractivity contribution is 0.979. The van der Waals surface area contributed by atoms with Gasteiger partial charge in [0.2, 0.25) is 0 Å². The molecule has 3 nitrogen and oxygen atoms in total. The number of aromatic nitrogens is 1. The summed E-state index contributed by atoms with van der Waals surface area (Å²) in [5.74, 6) is 7.47. The highest BCUT2D eigenvalue weighted by Crippen LogP contribution is 2.34. The first-order chi connectivity index (χ1) is 15.0. The van der Waals surface area contributed by atoms with E-state index in [1.807, 2.05) is 48.6 Å². The Morgan fingerprint density at radius 3 is 2.35 bits per heavy atom. The highest BCUT2D eigenvalue weighted by atomic mass is 35.5. The van der Waals surface area contributed by atoms with Gasteiger partial charge in [0.05, 0.1) is 5.03 Å². The van der Waals surface area contributed by atoms with Crippen LogP contribution in [0.25, 0.3) is 0 Å². The molecule has 166 valence electrons. The number of pyridine rings is 1. The monoisotopic (exact) mass is 475 g/mol. The highest BCUT2D eigenvalue weighted by Gasteiger charge is 2.15. The van der Waals surface area contributed by atoms with E-state index < -0.39 is 0 Å². The van der Waals surface area contributed by atoms with E-state index in [2.05, 4.69) is 44.5 Å². The van der Waals surface area contributed by atoms with Crippen LogP contribution in [0.2, 0.25) is 0 Å². The number of nitrogens with two attached hydrogens (primary N) is 1. The molecule has 0 spiro atoms. The van der Waals surface area contributed by atoms with Crippen molar-refractivity contribution in [3.05, 3.63) is 106 Å². The smallest absolute Gasteiger partial charge is 0.147 e. The van der Waals surface area contributed by atoms with Crippen LogP contribution < -0.4 is 10.9 Å². The summed E-state index contributed by atoms with van der Waals surface area (Å²) in [7, 11) is 0. The first-order valence-electron chi connectivity index (χ1n) is 10.1. The summed E-state index contributed by atoms with van der Waals surface area (Å²) >= 11 is 13.6. The van der Waals surface area contributed by atoms with Gasteiger partial charge in [0.15, 0.2) is 0 Å². The lowest BCUT2D eigenvalue weighted by Gasteiger charge is -2.23. The molecule has 0 atom stereocenters. The normalized spacial score (nSPS) is 12.5. The van der Waals surface area contributed by atoms with Crippen molar-refractivity contribution in [3.8, 4) is 0 Å². The minimum Gasteiger partial charge on any atom is -0.256 e. The number of thioether (sulfide) groups is 1. The number of hydrazine groups is 1. The predicted octanol–water partition coefficient (Wildman–Crippen LogP) is 7.82. The number of hydrogen-bond acceptors (Lipinski definition) is 4. The zero-order valence-corrected chi connectivity index (χ0v) is 20.7.